The molecule has 0 spiro atoms. The first-order valence-corrected chi connectivity index (χ1v) is 13.3. The van der Waals surface area contributed by atoms with Gasteiger partial charge in [0.2, 0.25) is 11.8 Å². The third-order valence-electron chi connectivity index (χ3n) is 5.81. The first-order chi connectivity index (χ1) is 17.3. The summed E-state index contributed by atoms with van der Waals surface area (Å²) < 4.78 is 0. The number of halogens is 4. The van der Waals surface area contributed by atoms with Gasteiger partial charge in [0.05, 0.1) is 6.42 Å². The van der Waals surface area contributed by atoms with E-state index in [4.69, 9.17) is 46.4 Å². The Hall–Kier alpha value is -2.24. The van der Waals surface area contributed by atoms with Crippen LogP contribution >= 0.6 is 46.4 Å². The van der Waals surface area contributed by atoms with Crippen molar-refractivity contribution >= 4 is 58.2 Å². The number of amides is 2. The summed E-state index contributed by atoms with van der Waals surface area (Å²) in [5.41, 5.74) is 2.26. The lowest BCUT2D eigenvalue weighted by atomic mass is 10.0. The van der Waals surface area contributed by atoms with Gasteiger partial charge in [-0.15, -0.1) is 0 Å². The first kappa shape index (κ1) is 28.3. The van der Waals surface area contributed by atoms with Crippen LogP contribution in [0.1, 0.15) is 36.5 Å². The fourth-order valence-corrected chi connectivity index (χ4v) is 4.77. The maximum Gasteiger partial charge on any atom is 0.243 e. The van der Waals surface area contributed by atoms with Crippen LogP contribution in [0.4, 0.5) is 0 Å². The molecule has 4 nitrogen and oxygen atoms in total. The Balaban J connectivity index is 1.99. The second kappa shape index (κ2) is 13.9. The zero-order valence-corrected chi connectivity index (χ0v) is 23.0. The van der Waals surface area contributed by atoms with Crippen molar-refractivity contribution in [3.8, 4) is 0 Å². The third-order valence-corrected chi connectivity index (χ3v) is 6.99. The summed E-state index contributed by atoms with van der Waals surface area (Å²) in [6.07, 6.45) is 2.15. The molecule has 0 aromatic heterocycles. The number of hydrogen-bond acceptors (Lipinski definition) is 2. The minimum absolute atomic E-state index is 0.00867. The van der Waals surface area contributed by atoms with Gasteiger partial charge in [0.15, 0.2) is 0 Å². The molecule has 1 atom stereocenters. The minimum Gasteiger partial charge on any atom is -0.354 e. The maximum absolute atomic E-state index is 13.8. The van der Waals surface area contributed by atoms with Crippen molar-refractivity contribution in [3.05, 3.63) is 104 Å². The lowest BCUT2D eigenvalue weighted by Gasteiger charge is -2.32. The monoisotopic (exact) mass is 564 g/mol. The number of hydrogen-bond donors (Lipinski definition) is 1. The molecule has 3 rings (SSSR count). The predicted molar refractivity (Wildman–Crippen MR) is 149 cm³/mol. The summed E-state index contributed by atoms with van der Waals surface area (Å²) in [5, 5.41) is 4.80. The van der Waals surface area contributed by atoms with E-state index in [1.165, 1.54) is 0 Å². The van der Waals surface area contributed by atoms with E-state index >= 15 is 0 Å². The Morgan fingerprint density at radius 1 is 0.861 bits per heavy atom. The molecule has 0 fully saturated rings. The fraction of sp³-hybridized carbons (Fsp3) is 0.286. The van der Waals surface area contributed by atoms with Gasteiger partial charge < -0.3 is 10.2 Å². The zero-order chi connectivity index (χ0) is 26.1. The van der Waals surface area contributed by atoms with Crippen molar-refractivity contribution < 1.29 is 9.59 Å². The van der Waals surface area contributed by atoms with E-state index < -0.39 is 6.04 Å². The van der Waals surface area contributed by atoms with Crippen molar-refractivity contribution in [2.45, 2.75) is 45.2 Å². The van der Waals surface area contributed by atoms with Crippen molar-refractivity contribution in [2.24, 2.45) is 0 Å². The van der Waals surface area contributed by atoms with Gasteiger partial charge in [-0.3, -0.25) is 9.59 Å². The molecule has 2 amide bonds. The molecule has 1 unspecified atom stereocenters. The smallest absolute Gasteiger partial charge is 0.243 e. The predicted octanol–water partition coefficient (Wildman–Crippen LogP) is 7.40. The number of unbranched alkanes of at least 4 members (excludes halogenated alkanes) is 1. The van der Waals surface area contributed by atoms with Gasteiger partial charge in [0.1, 0.15) is 6.04 Å². The Bertz CT molecular complexity index is 1190. The van der Waals surface area contributed by atoms with Crippen LogP contribution in [0, 0.1) is 0 Å². The summed E-state index contributed by atoms with van der Waals surface area (Å²) in [6.45, 7) is 2.73. The number of benzene rings is 3. The van der Waals surface area contributed by atoms with Gasteiger partial charge in [-0.2, -0.15) is 0 Å². The van der Waals surface area contributed by atoms with Crippen LogP contribution in [0.5, 0.6) is 0 Å². The van der Waals surface area contributed by atoms with E-state index in [1.54, 1.807) is 41.3 Å². The summed E-state index contributed by atoms with van der Waals surface area (Å²) in [4.78, 5) is 28.8. The molecule has 3 aromatic rings. The third kappa shape index (κ3) is 8.14. The SMILES string of the molecule is CCCCNC(=O)C(Cc1ccccc1)N(Cc1ccc(Cl)cc1Cl)C(=O)Cc1ccc(Cl)cc1Cl. The van der Waals surface area contributed by atoms with Crippen LogP contribution in [0.2, 0.25) is 20.1 Å². The van der Waals surface area contributed by atoms with E-state index in [-0.39, 0.29) is 24.8 Å². The van der Waals surface area contributed by atoms with Crippen LogP contribution in [0.15, 0.2) is 66.7 Å². The lowest BCUT2D eigenvalue weighted by molar-refractivity contribution is -0.140. The molecule has 190 valence electrons. The van der Waals surface area contributed by atoms with E-state index in [0.717, 1.165) is 18.4 Å². The molecule has 3 aromatic carbocycles. The highest BCUT2D eigenvalue weighted by Crippen LogP contribution is 2.26. The zero-order valence-electron chi connectivity index (χ0n) is 19.9. The maximum atomic E-state index is 13.8. The number of nitrogens with zero attached hydrogens (tertiary/aromatic N) is 1. The van der Waals surface area contributed by atoms with E-state index in [9.17, 15) is 9.59 Å². The standard InChI is InChI=1S/C28H28Cl4N2O2/c1-2-3-13-33-28(36)26(14-19-7-5-4-6-8-19)34(18-21-10-12-23(30)17-25(21)32)27(35)15-20-9-11-22(29)16-24(20)31/h4-12,16-17,26H,2-3,13-15,18H2,1H3,(H,33,36). The fourth-order valence-electron chi connectivity index (χ4n) is 3.82. The Kier molecular flexibility index (Phi) is 10.9. The summed E-state index contributed by atoms with van der Waals surface area (Å²) in [5.74, 6) is -0.468. The average molecular weight is 566 g/mol. The highest BCUT2D eigenvalue weighted by Gasteiger charge is 2.31. The van der Waals surface area contributed by atoms with Gasteiger partial charge in [0.25, 0.3) is 0 Å². The Morgan fingerprint density at radius 3 is 2.06 bits per heavy atom. The Morgan fingerprint density at radius 2 is 1.47 bits per heavy atom. The number of carbonyl (C=O) groups excluding carboxylic acids is 2. The Labute approximate surface area is 232 Å². The van der Waals surface area contributed by atoms with Crippen LogP contribution < -0.4 is 5.32 Å². The summed E-state index contributed by atoms with van der Waals surface area (Å²) >= 11 is 25.0. The van der Waals surface area contributed by atoms with Gasteiger partial charge >= 0.3 is 0 Å². The van der Waals surface area contributed by atoms with E-state index in [2.05, 4.69) is 12.2 Å². The van der Waals surface area contributed by atoms with Gasteiger partial charge in [0, 0.05) is 39.6 Å². The summed E-state index contributed by atoms with van der Waals surface area (Å²) in [6, 6.07) is 19.0. The molecule has 8 heteroatoms. The van der Waals surface area contributed by atoms with Crippen LogP contribution in [0.25, 0.3) is 0 Å². The normalized spacial score (nSPS) is 11.7. The molecular weight excluding hydrogens is 538 g/mol. The largest absolute Gasteiger partial charge is 0.354 e. The molecule has 0 aliphatic heterocycles. The molecule has 0 saturated heterocycles. The topological polar surface area (TPSA) is 49.4 Å². The van der Waals surface area contributed by atoms with Crippen molar-refractivity contribution in [3.63, 3.8) is 0 Å². The van der Waals surface area contributed by atoms with E-state index in [0.29, 0.717) is 44.2 Å². The van der Waals surface area contributed by atoms with E-state index in [1.807, 2.05) is 30.3 Å². The van der Waals surface area contributed by atoms with Crippen molar-refractivity contribution in [1.29, 1.82) is 0 Å². The van der Waals surface area contributed by atoms with Gasteiger partial charge in [-0.05, 0) is 47.4 Å². The average Bonchev–Trinajstić information content (AvgIpc) is 2.85. The molecular formula is C28H28Cl4N2O2. The van der Waals surface area contributed by atoms with Crippen molar-refractivity contribution in [1.82, 2.24) is 10.2 Å². The molecule has 1 N–H and O–H groups in total. The van der Waals surface area contributed by atoms with Crippen molar-refractivity contribution in [2.75, 3.05) is 6.54 Å². The molecule has 0 aliphatic carbocycles. The quantitative estimate of drug-likeness (QED) is 0.246. The molecule has 0 aliphatic rings. The molecule has 36 heavy (non-hydrogen) atoms. The highest BCUT2D eigenvalue weighted by atomic mass is 35.5. The number of rotatable bonds is 11. The number of carbonyl (C=O) groups is 2. The van der Waals surface area contributed by atoms with Gasteiger partial charge in [-0.25, -0.2) is 0 Å². The highest BCUT2D eigenvalue weighted by molar-refractivity contribution is 6.35. The molecule has 0 radical (unpaired) electrons. The van der Waals surface area contributed by atoms with Crippen LogP contribution in [-0.2, 0) is 29.0 Å². The molecule has 0 heterocycles. The second-order valence-electron chi connectivity index (χ2n) is 8.52. The van der Waals surface area contributed by atoms with Gasteiger partial charge in [-0.1, -0.05) is 102 Å². The molecule has 0 bridgehead atoms. The van der Waals surface area contributed by atoms with Crippen LogP contribution in [0.3, 0.4) is 0 Å². The van der Waals surface area contributed by atoms with Crippen LogP contribution in [-0.4, -0.2) is 29.3 Å². The number of nitrogens with one attached hydrogen (secondary N) is 1. The minimum atomic E-state index is -0.755. The summed E-state index contributed by atoms with van der Waals surface area (Å²) in [7, 11) is 0. The lowest BCUT2D eigenvalue weighted by Crippen LogP contribution is -2.51. The molecule has 0 saturated carbocycles. The second-order valence-corrected chi connectivity index (χ2v) is 10.2. The first-order valence-electron chi connectivity index (χ1n) is 11.8.